The topological polar surface area (TPSA) is 38.0 Å². The zero-order chi connectivity index (χ0) is 14.6. The van der Waals surface area contributed by atoms with Crippen molar-refractivity contribution in [2.24, 2.45) is 5.73 Å². The van der Waals surface area contributed by atoms with E-state index >= 15 is 0 Å². The largest absolute Gasteiger partial charge is 0.418 e. The van der Waals surface area contributed by atoms with Gasteiger partial charge in [-0.05, 0) is 23.3 Å². The quantitative estimate of drug-likeness (QED) is 0.894. The van der Waals surface area contributed by atoms with Gasteiger partial charge < -0.3 is 11.1 Å². The molecule has 106 valence electrons. The zero-order valence-electron chi connectivity index (χ0n) is 10.7. The Morgan fingerprint density at radius 3 is 2.35 bits per heavy atom. The summed E-state index contributed by atoms with van der Waals surface area (Å²) in [5, 5.41) is 2.83. The van der Waals surface area contributed by atoms with E-state index < -0.39 is 11.7 Å². The van der Waals surface area contributed by atoms with E-state index in [-0.39, 0.29) is 5.69 Å². The summed E-state index contributed by atoms with van der Waals surface area (Å²) >= 11 is 0. The van der Waals surface area contributed by atoms with Crippen molar-refractivity contribution in [2.75, 3.05) is 5.32 Å². The van der Waals surface area contributed by atoms with E-state index in [0.717, 1.165) is 17.2 Å². The summed E-state index contributed by atoms with van der Waals surface area (Å²) in [5.41, 5.74) is 6.81. The highest BCUT2D eigenvalue weighted by molar-refractivity contribution is 5.52. The Balaban J connectivity index is 2.15. The second-order valence-corrected chi connectivity index (χ2v) is 4.42. The number of alkyl halides is 3. The number of benzene rings is 2. The first-order chi connectivity index (χ1) is 9.50. The second-order valence-electron chi connectivity index (χ2n) is 4.42. The Kier molecular flexibility index (Phi) is 4.29. The van der Waals surface area contributed by atoms with Gasteiger partial charge in [0.05, 0.1) is 5.56 Å². The van der Waals surface area contributed by atoms with Crippen LogP contribution in [0.25, 0.3) is 0 Å². The van der Waals surface area contributed by atoms with Crippen molar-refractivity contribution in [1.29, 1.82) is 0 Å². The van der Waals surface area contributed by atoms with Crippen LogP contribution < -0.4 is 11.1 Å². The highest BCUT2D eigenvalue weighted by atomic mass is 19.4. The Morgan fingerprint density at radius 2 is 1.65 bits per heavy atom. The van der Waals surface area contributed by atoms with Gasteiger partial charge in [-0.15, -0.1) is 0 Å². The molecule has 0 aliphatic rings. The van der Waals surface area contributed by atoms with E-state index in [2.05, 4.69) is 5.32 Å². The van der Waals surface area contributed by atoms with E-state index in [9.17, 15) is 13.2 Å². The predicted octanol–water partition coefficient (Wildman–Crippen LogP) is 3.78. The van der Waals surface area contributed by atoms with Crippen LogP contribution in [0.5, 0.6) is 0 Å². The number of para-hydroxylation sites is 1. The van der Waals surface area contributed by atoms with Gasteiger partial charge in [0.15, 0.2) is 0 Å². The van der Waals surface area contributed by atoms with E-state index in [1.165, 1.54) is 12.1 Å². The van der Waals surface area contributed by atoms with Gasteiger partial charge in [-0.3, -0.25) is 0 Å². The van der Waals surface area contributed by atoms with Crippen LogP contribution in [0.15, 0.2) is 48.5 Å². The van der Waals surface area contributed by atoms with Crippen molar-refractivity contribution in [3.05, 3.63) is 65.2 Å². The molecular weight excluding hydrogens is 265 g/mol. The Morgan fingerprint density at radius 1 is 0.950 bits per heavy atom. The predicted molar refractivity (Wildman–Crippen MR) is 73.1 cm³/mol. The second kappa shape index (κ2) is 5.96. The van der Waals surface area contributed by atoms with Gasteiger partial charge in [-0.25, -0.2) is 0 Å². The van der Waals surface area contributed by atoms with E-state index in [1.54, 1.807) is 6.07 Å². The Bertz CT molecular complexity index is 579. The lowest BCUT2D eigenvalue weighted by Gasteiger charge is -2.14. The fraction of sp³-hybridized carbons (Fsp3) is 0.200. The zero-order valence-corrected chi connectivity index (χ0v) is 10.7. The van der Waals surface area contributed by atoms with Gasteiger partial charge in [0.25, 0.3) is 0 Å². The van der Waals surface area contributed by atoms with Crippen LogP contribution in [0.3, 0.4) is 0 Å². The summed E-state index contributed by atoms with van der Waals surface area (Å²) in [6.45, 7) is 0.730. The van der Waals surface area contributed by atoms with E-state index in [4.69, 9.17) is 5.73 Å². The van der Waals surface area contributed by atoms with E-state index in [0.29, 0.717) is 13.1 Å². The molecule has 0 amide bonds. The van der Waals surface area contributed by atoms with Crippen molar-refractivity contribution >= 4 is 5.69 Å². The molecule has 0 saturated carbocycles. The van der Waals surface area contributed by atoms with Crippen LogP contribution in [-0.4, -0.2) is 0 Å². The maximum atomic E-state index is 12.8. The van der Waals surface area contributed by atoms with Crippen molar-refractivity contribution in [3.63, 3.8) is 0 Å². The van der Waals surface area contributed by atoms with Gasteiger partial charge in [0.1, 0.15) is 0 Å². The van der Waals surface area contributed by atoms with Gasteiger partial charge in [0, 0.05) is 18.8 Å². The van der Waals surface area contributed by atoms with Crippen LogP contribution in [-0.2, 0) is 19.3 Å². The molecule has 20 heavy (non-hydrogen) atoms. The van der Waals surface area contributed by atoms with E-state index in [1.807, 2.05) is 24.3 Å². The first kappa shape index (κ1) is 14.4. The minimum Gasteiger partial charge on any atom is -0.380 e. The molecule has 0 bridgehead atoms. The lowest BCUT2D eigenvalue weighted by Crippen LogP contribution is -2.10. The van der Waals surface area contributed by atoms with Crippen molar-refractivity contribution in [2.45, 2.75) is 19.3 Å². The average molecular weight is 280 g/mol. The molecule has 0 saturated heterocycles. The smallest absolute Gasteiger partial charge is 0.380 e. The highest BCUT2D eigenvalue weighted by Gasteiger charge is 2.32. The van der Waals surface area contributed by atoms with Crippen molar-refractivity contribution in [1.82, 2.24) is 0 Å². The third-order valence-corrected chi connectivity index (χ3v) is 2.94. The molecule has 0 atom stereocenters. The SMILES string of the molecule is NCc1cccc(CNc2ccccc2C(F)(F)F)c1. The fourth-order valence-electron chi connectivity index (χ4n) is 1.95. The molecule has 0 aliphatic heterocycles. The summed E-state index contributed by atoms with van der Waals surface area (Å²) < 4.78 is 38.5. The number of hydrogen-bond donors (Lipinski definition) is 2. The Labute approximate surface area is 115 Å². The summed E-state index contributed by atoms with van der Waals surface area (Å²) in [7, 11) is 0. The lowest BCUT2D eigenvalue weighted by molar-refractivity contribution is -0.136. The maximum absolute atomic E-state index is 12.8. The summed E-state index contributed by atoms with van der Waals surface area (Å²) in [6.07, 6.45) is -4.36. The molecule has 0 aliphatic carbocycles. The molecule has 2 aromatic rings. The first-order valence-electron chi connectivity index (χ1n) is 6.18. The number of nitrogens with one attached hydrogen (secondary N) is 1. The number of hydrogen-bond acceptors (Lipinski definition) is 2. The third kappa shape index (κ3) is 3.51. The van der Waals surface area contributed by atoms with Crippen molar-refractivity contribution in [3.8, 4) is 0 Å². The standard InChI is InChI=1S/C15H15F3N2/c16-15(17,18)13-6-1-2-7-14(13)20-10-12-5-3-4-11(8-12)9-19/h1-8,20H,9-10,19H2. The number of halogens is 3. The maximum Gasteiger partial charge on any atom is 0.418 e. The van der Waals surface area contributed by atoms with Crippen LogP contribution >= 0.6 is 0 Å². The van der Waals surface area contributed by atoms with Crippen LogP contribution in [0.1, 0.15) is 16.7 Å². The minimum absolute atomic E-state index is 0.0816. The fourth-order valence-corrected chi connectivity index (χ4v) is 1.95. The molecule has 3 N–H and O–H groups in total. The molecule has 2 aromatic carbocycles. The molecular formula is C15H15F3N2. The average Bonchev–Trinajstić information content (AvgIpc) is 2.44. The number of nitrogens with two attached hydrogens (primary N) is 1. The van der Waals surface area contributed by atoms with Crippen molar-refractivity contribution < 1.29 is 13.2 Å². The van der Waals surface area contributed by atoms with Crippen LogP contribution in [0.4, 0.5) is 18.9 Å². The summed E-state index contributed by atoms with van der Waals surface area (Å²) in [4.78, 5) is 0. The van der Waals surface area contributed by atoms with Gasteiger partial charge in [0.2, 0.25) is 0 Å². The highest BCUT2D eigenvalue weighted by Crippen LogP contribution is 2.34. The molecule has 0 spiro atoms. The molecule has 0 heterocycles. The minimum atomic E-state index is -4.36. The molecule has 0 aromatic heterocycles. The van der Waals surface area contributed by atoms with Gasteiger partial charge >= 0.3 is 6.18 Å². The van der Waals surface area contributed by atoms with Crippen LogP contribution in [0.2, 0.25) is 0 Å². The molecule has 0 radical (unpaired) electrons. The van der Waals surface area contributed by atoms with Gasteiger partial charge in [-0.1, -0.05) is 36.4 Å². The summed E-state index contributed by atoms with van der Waals surface area (Å²) in [6, 6.07) is 12.9. The molecule has 2 nitrogen and oxygen atoms in total. The third-order valence-electron chi connectivity index (χ3n) is 2.94. The number of anilines is 1. The number of rotatable bonds is 4. The lowest BCUT2D eigenvalue weighted by atomic mass is 10.1. The molecule has 2 rings (SSSR count). The molecule has 0 fully saturated rings. The Hall–Kier alpha value is -2.01. The summed E-state index contributed by atoms with van der Waals surface area (Å²) in [5.74, 6) is 0. The monoisotopic (exact) mass is 280 g/mol. The molecule has 5 heteroatoms. The van der Waals surface area contributed by atoms with Gasteiger partial charge in [-0.2, -0.15) is 13.2 Å². The first-order valence-corrected chi connectivity index (χ1v) is 6.18. The normalized spacial score (nSPS) is 11.4. The molecule has 0 unspecified atom stereocenters. The van der Waals surface area contributed by atoms with Crippen LogP contribution in [0, 0.1) is 0 Å².